The summed E-state index contributed by atoms with van der Waals surface area (Å²) < 4.78 is 7.87. The number of nitrogens with one attached hydrogen (secondary N) is 2. The molecule has 0 aliphatic heterocycles. The molecule has 0 spiro atoms. The molecule has 3 atom stereocenters. The highest BCUT2D eigenvalue weighted by molar-refractivity contribution is 14.1. The molecule has 0 aliphatic carbocycles. The Balaban J connectivity index is 2.04. The van der Waals surface area contributed by atoms with Crippen molar-refractivity contribution < 1.29 is 24.9 Å². The summed E-state index contributed by atoms with van der Waals surface area (Å²) in [7, 11) is 0. The molecule has 2 unspecified atom stereocenters. The van der Waals surface area contributed by atoms with Crippen LogP contribution in [0.15, 0.2) is 61.7 Å². The Morgan fingerprint density at radius 3 is 2.26 bits per heavy atom. The first-order valence-electron chi connectivity index (χ1n) is 12.1. The first kappa shape index (κ1) is 32.5. The highest BCUT2D eigenvalue weighted by Gasteiger charge is 2.20. The molecule has 0 aliphatic rings. The molecule has 38 heavy (non-hydrogen) atoms. The number of aliphatic hydroxyl groups excluding tert-OH is 2. The Bertz CT molecular complexity index is 1030. The Morgan fingerprint density at radius 2 is 1.74 bits per heavy atom. The number of amides is 1. The summed E-state index contributed by atoms with van der Waals surface area (Å²) in [4.78, 5) is 14.2. The van der Waals surface area contributed by atoms with E-state index in [4.69, 9.17) is 10.5 Å². The van der Waals surface area contributed by atoms with E-state index in [1.807, 2.05) is 17.0 Å². The van der Waals surface area contributed by atoms with E-state index in [1.54, 1.807) is 36.4 Å². The van der Waals surface area contributed by atoms with Gasteiger partial charge in [0.2, 0.25) is 5.91 Å². The number of carbonyl (C=O) groups excluding carboxylic acids is 1. The van der Waals surface area contributed by atoms with E-state index in [2.05, 4.69) is 69.0 Å². The van der Waals surface area contributed by atoms with Crippen LogP contribution in [0.25, 0.3) is 0 Å². The highest BCUT2D eigenvalue weighted by Crippen LogP contribution is 2.33. The summed E-state index contributed by atoms with van der Waals surface area (Å²) in [5.41, 5.74) is 6.64. The number of aromatic hydroxyl groups is 1. The fourth-order valence-electron chi connectivity index (χ4n) is 3.74. The summed E-state index contributed by atoms with van der Waals surface area (Å²) in [6, 6.07) is 9.78. The second-order valence-electron chi connectivity index (χ2n) is 8.68. The zero-order chi connectivity index (χ0) is 28.1. The van der Waals surface area contributed by atoms with E-state index in [1.165, 1.54) is 0 Å². The molecule has 0 aromatic heterocycles. The topological polar surface area (TPSA) is 140 Å². The number of ether oxygens (including phenoxy) is 1. The zero-order valence-corrected chi connectivity index (χ0v) is 25.5. The first-order chi connectivity index (χ1) is 18.2. The van der Waals surface area contributed by atoms with Gasteiger partial charge in [0.05, 0.1) is 32.9 Å². The molecular weight excluding hydrogens is 714 g/mol. The van der Waals surface area contributed by atoms with E-state index < -0.39 is 0 Å². The maximum atomic E-state index is 12.4. The quantitative estimate of drug-likeness (QED) is 0.107. The number of hydrogen-bond acceptors (Lipinski definition) is 8. The summed E-state index contributed by atoms with van der Waals surface area (Å²) >= 11 is 4.45. The summed E-state index contributed by atoms with van der Waals surface area (Å²) in [5.74, 6) is 1.31. The molecule has 208 valence electrons. The van der Waals surface area contributed by atoms with Gasteiger partial charge in [-0.25, -0.2) is 0 Å². The summed E-state index contributed by atoms with van der Waals surface area (Å²) in [6.45, 7) is 8.45. The van der Waals surface area contributed by atoms with Gasteiger partial charge in [-0.05, 0) is 93.6 Å². The van der Waals surface area contributed by atoms with Gasteiger partial charge in [-0.1, -0.05) is 12.2 Å². The number of halogens is 2. The SMILES string of the molecule is C=CC(CN)NC(=O)CN(CCO)CC(C=C)N[C@H](CO)Cc1cc(I)c(Oc2ccc(O)cc2)c(I)c1. The van der Waals surface area contributed by atoms with E-state index in [0.717, 1.165) is 18.5 Å². The van der Waals surface area contributed by atoms with Gasteiger partial charge in [-0.15, -0.1) is 13.2 Å². The van der Waals surface area contributed by atoms with Crippen LogP contribution >= 0.6 is 45.2 Å². The monoisotopic (exact) mass is 750 g/mol. The van der Waals surface area contributed by atoms with Crippen molar-refractivity contribution in [3.05, 3.63) is 74.4 Å². The van der Waals surface area contributed by atoms with Crippen LogP contribution in [0.2, 0.25) is 0 Å². The third-order valence-electron chi connectivity index (χ3n) is 5.67. The second kappa shape index (κ2) is 17.0. The molecule has 0 saturated carbocycles. The average Bonchev–Trinajstić information content (AvgIpc) is 2.89. The Morgan fingerprint density at radius 1 is 1.11 bits per heavy atom. The van der Waals surface area contributed by atoms with Crippen LogP contribution in [0.4, 0.5) is 0 Å². The van der Waals surface area contributed by atoms with Crippen LogP contribution in [0.3, 0.4) is 0 Å². The standard InChI is InChI=1S/C27H36I2N4O5/c1-3-19(14-30)32-26(37)16-33(9-10-34)15-20(4-2)31-21(17-35)11-18-12-24(28)27(25(29)13-18)38-23-7-5-22(36)6-8-23/h3-8,12-13,19-21,31,34-36H,1-2,9-11,14-17,30H2,(H,32,37)/t19?,20?,21-/m0/s1. The number of benzene rings is 2. The smallest absolute Gasteiger partial charge is 0.234 e. The highest BCUT2D eigenvalue weighted by atomic mass is 127. The van der Waals surface area contributed by atoms with Gasteiger partial charge in [0, 0.05) is 31.7 Å². The van der Waals surface area contributed by atoms with E-state index >= 15 is 0 Å². The maximum absolute atomic E-state index is 12.4. The molecule has 0 saturated heterocycles. The molecule has 2 aromatic rings. The molecule has 2 aromatic carbocycles. The van der Waals surface area contributed by atoms with Crippen molar-refractivity contribution in [2.24, 2.45) is 5.73 Å². The normalized spacial score (nSPS) is 13.5. The Kier molecular flexibility index (Phi) is 14.6. The molecule has 0 heterocycles. The number of rotatable bonds is 17. The lowest BCUT2D eigenvalue weighted by molar-refractivity contribution is -0.122. The largest absolute Gasteiger partial charge is 0.508 e. The maximum Gasteiger partial charge on any atom is 0.234 e. The predicted octanol–water partition coefficient (Wildman–Crippen LogP) is 2.37. The number of phenols is 1. The van der Waals surface area contributed by atoms with Crippen LogP contribution in [-0.4, -0.2) is 83.6 Å². The van der Waals surface area contributed by atoms with Crippen molar-refractivity contribution in [2.45, 2.75) is 24.5 Å². The fraction of sp³-hybridized carbons (Fsp3) is 0.370. The van der Waals surface area contributed by atoms with Crippen LogP contribution in [0.5, 0.6) is 17.2 Å². The lowest BCUT2D eigenvalue weighted by Gasteiger charge is -2.29. The fourth-order valence-corrected chi connectivity index (χ4v) is 5.86. The lowest BCUT2D eigenvalue weighted by atomic mass is 10.0. The van der Waals surface area contributed by atoms with Crippen molar-refractivity contribution in [1.82, 2.24) is 15.5 Å². The molecular formula is C27H36I2N4O5. The number of aliphatic hydroxyl groups is 2. The molecule has 1 amide bonds. The Labute approximate surface area is 251 Å². The minimum Gasteiger partial charge on any atom is -0.508 e. The van der Waals surface area contributed by atoms with Gasteiger partial charge >= 0.3 is 0 Å². The first-order valence-corrected chi connectivity index (χ1v) is 14.3. The lowest BCUT2D eigenvalue weighted by Crippen LogP contribution is -2.50. The van der Waals surface area contributed by atoms with Gasteiger partial charge in [-0.3, -0.25) is 9.69 Å². The molecule has 7 N–H and O–H groups in total. The third kappa shape index (κ3) is 10.8. The summed E-state index contributed by atoms with van der Waals surface area (Å²) in [6.07, 6.45) is 3.88. The molecule has 0 radical (unpaired) electrons. The van der Waals surface area contributed by atoms with E-state index in [9.17, 15) is 20.1 Å². The van der Waals surface area contributed by atoms with Crippen LogP contribution in [0, 0.1) is 7.14 Å². The minimum atomic E-state index is -0.311. The van der Waals surface area contributed by atoms with Crippen molar-refractivity contribution in [2.75, 3.05) is 39.4 Å². The van der Waals surface area contributed by atoms with Gasteiger partial charge in [0.15, 0.2) is 5.75 Å². The van der Waals surface area contributed by atoms with Crippen LogP contribution in [0.1, 0.15) is 5.56 Å². The summed E-state index contributed by atoms with van der Waals surface area (Å²) in [5, 5.41) is 35.3. The second-order valence-corrected chi connectivity index (χ2v) is 11.0. The third-order valence-corrected chi connectivity index (χ3v) is 7.28. The van der Waals surface area contributed by atoms with Crippen molar-refractivity contribution in [1.29, 1.82) is 0 Å². The van der Waals surface area contributed by atoms with Gasteiger partial charge < -0.3 is 36.4 Å². The average molecular weight is 750 g/mol. The number of phenolic OH excluding ortho intramolecular Hbond substituents is 1. The van der Waals surface area contributed by atoms with Gasteiger partial charge in [0.25, 0.3) is 0 Å². The molecule has 0 fully saturated rings. The number of nitrogens with two attached hydrogens (primary N) is 1. The minimum absolute atomic E-state index is 0.0829. The van der Waals surface area contributed by atoms with Crippen LogP contribution in [-0.2, 0) is 11.2 Å². The predicted molar refractivity (Wildman–Crippen MR) is 166 cm³/mol. The van der Waals surface area contributed by atoms with Crippen LogP contribution < -0.4 is 21.1 Å². The molecule has 0 bridgehead atoms. The van der Waals surface area contributed by atoms with Crippen molar-refractivity contribution in [3.63, 3.8) is 0 Å². The van der Waals surface area contributed by atoms with Gasteiger partial charge in [0.1, 0.15) is 11.5 Å². The number of hydrogen-bond donors (Lipinski definition) is 6. The van der Waals surface area contributed by atoms with E-state index in [-0.39, 0.29) is 56.1 Å². The van der Waals surface area contributed by atoms with Crippen molar-refractivity contribution >= 4 is 51.1 Å². The van der Waals surface area contributed by atoms with E-state index in [0.29, 0.717) is 25.3 Å². The number of nitrogens with zero attached hydrogens (tertiary/aromatic N) is 1. The Hall–Kier alpha value is -1.75. The number of carbonyl (C=O) groups is 1. The van der Waals surface area contributed by atoms with Crippen molar-refractivity contribution in [3.8, 4) is 17.2 Å². The van der Waals surface area contributed by atoms with Gasteiger partial charge in [-0.2, -0.15) is 0 Å². The molecule has 2 rings (SSSR count). The molecule has 9 nitrogen and oxygen atoms in total. The molecule has 11 heteroatoms. The zero-order valence-electron chi connectivity index (χ0n) is 21.2.